The van der Waals surface area contributed by atoms with Crippen molar-refractivity contribution >= 4 is 27.3 Å². The number of halogens is 1. The molecule has 1 fully saturated rings. The molecule has 31 heavy (non-hydrogen) atoms. The molecule has 2 aromatic carbocycles. The molecular formula is C24H28FN3O2S. The predicted molar refractivity (Wildman–Crippen MR) is 123 cm³/mol. The van der Waals surface area contributed by atoms with Gasteiger partial charge >= 0.3 is 0 Å². The highest BCUT2D eigenvalue weighted by molar-refractivity contribution is 7.21. The summed E-state index contributed by atoms with van der Waals surface area (Å²) in [5.41, 5.74) is 2.92. The first-order valence-corrected chi connectivity index (χ1v) is 11.3. The van der Waals surface area contributed by atoms with E-state index < -0.39 is 0 Å². The lowest BCUT2D eigenvalue weighted by Crippen LogP contribution is -2.43. The molecule has 4 rings (SSSR count). The summed E-state index contributed by atoms with van der Waals surface area (Å²) in [6.07, 6.45) is 0. The van der Waals surface area contributed by atoms with E-state index in [1.807, 2.05) is 18.2 Å². The summed E-state index contributed by atoms with van der Waals surface area (Å²) in [6.45, 7) is 5.88. The van der Waals surface area contributed by atoms with Crippen molar-refractivity contribution in [2.24, 2.45) is 0 Å². The molecule has 0 radical (unpaired) electrons. The van der Waals surface area contributed by atoms with Crippen molar-refractivity contribution in [2.45, 2.75) is 19.7 Å². The van der Waals surface area contributed by atoms with Gasteiger partial charge in [-0.2, -0.15) is 0 Å². The van der Waals surface area contributed by atoms with Crippen LogP contribution in [0.15, 0.2) is 42.5 Å². The molecule has 0 aliphatic carbocycles. The minimum Gasteiger partial charge on any atom is -0.380 e. The highest BCUT2D eigenvalue weighted by Gasteiger charge is 2.20. The van der Waals surface area contributed by atoms with Crippen LogP contribution < -0.4 is 5.32 Å². The maximum absolute atomic E-state index is 14.4. The van der Waals surface area contributed by atoms with Gasteiger partial charge in [0.2, 0.25) is 0 Å². The number of amides is 1. The Bertz CT molecular complexity index is 1060. The molecule has 0 bridgehead atoms. The van der Waals surface area contributed by atoms with Crippen LogP contribution in [0.25, 0.3) is 10.1 Å². The number of methoxy groups -OCH3 is 1. The van der Waals surface area contributed by atoms with Gasteiger partial charge in [0.25, 0.3) is 5.91 Å². The van der Waals surface area contributed by atoms with Crippen molar-refractivity contribution in [1.82, 2.24) is 15.1 Å². The maximum Gasteiger partial charge on any atom is 0.262 e. The van der Waals surface area contributed by atoms with E-state index in [0.29, 0.717) is 22.4 Å². The second kappa shape index (κ2) is 9.87. The van der Waals surface area contributed by atoms with Gasteiger partial charge in [-0.05, 0) is 30.3 Å². The normalized spacial score (nSPS) is 15.5. The van der Waals surface area contributed by atoms with Crippen molar-refractivity contribution in [2.75, 3.05) is 40.3 Å². The summed E-state index contributed by atoms with van der Waals surface area (Å²) in [5.74, 6) is -0.520. The van der Waals surface area contributed by atoms with Crippen LogP contribution in [0.2, 0.25) is 0 Å². The molecule has 3 aromatic rings. The van der Waals surface area contributed by atoms with E-state index >= 15 is 0 Å². The zero-order valence-electron chi connectivity index (χ0n) is 18.0. The van der Waals surface area contributed by atoms with Crippen LogP contribution in [0, 0.1) is 5.82 Å². The second-order valence-electron chi connectivity index (χ2n) is 8.04. The Balaban J connectivity index is 1.44. The number of ether oxygens (including phenoxy) is 1. The molecule has 1 aliphatic rings. The zero-order chi connectivity index (χ0) is 21.8. The first-order valence-electron chi connectivity index (χ1n) is 10.5. The van der Waals surface area contributed by atoms with E-state index in [-0.39, 0.29) is 18.3 Å². The topological polar surface area (TPSA) is 44.8 Å². The molecule has 2 heterocycles. The average molecular weight is 442 g/mol. The van der Waals surface area contributed by atoms with E-state index in [9.17, 15) is 9.18 Å². The number of rotatable bonds is 7. The lowest BCUT2D eigenvalue weighted by Gasteiger charge is -2.32. The Labute approximate surface area is 186 Å². The third-order valence-corrected chi connectivity index (χ3v) is 6.90. The number of piperazine rings is 1. The van der Waals surface area contributed by atoms with Gasteiger partial charge in [-0.25, -0.2) is 4.39 Å². The fourth-order valence-electron chi connectivity index (χ4n) is 4.00. The minimum atomic E-state index is -0.323. The van der Waals surface area contributed by atoms with Gasteiger partial charge in [0.05, 0.1) is 11.5 Å². The number of nitrogens with zero attached hydrogens (tertiary/aromatic N) is 2. The number of thiophene rings is 1. The predicted octanol–water partition coefficient (Wildman–Crippen LogP) is 3.86. The number of likely N-dealkylation sites (N-methyl/N-ethyl adjacent to an activating group) is 1. The molecule has 0 atom stereocenters. The van der Waals surface area contributed by atoms with Gasteiger partial charge in [0.1, 0.15) is 5.82 Å². The van der Waals surface area contributed by atoms with Crippen molar-refractivity contribution in [3.8, 4) is 0 Å². The molecule has 1 N–H and O–H groups in total. The Kier molecular flexibility index (Phi) is 6.97. The number of hydrogen-bond acceptors (Lipinski definition) is 5. The largest absolute Gasteiger partial charge is 0.380 e. The summed E-state index contributed by atoms with van der Waals surface area (Å²) in [6, 6.07) is 13.3. The standard InChI is InChI=1S/C24H28FN3O2S/c1-27-9-11-28(12-10-27)15-18-6-3-5-17(13-18)14-26-24(29)23-19(16-30-2)22-20(25)7-4-8-21(22)31-23/h3-8,13H,9-12,14-16H2,1-2H3,(H,26,29). The van der Waals surface area contributed by atoms with Crippen LogP contribution in [0.1, 0.15) is 26.4 Å². The summed E-state index contributed by atoms with van der Waals surface area (Å²) in [5, 5.41) is 3.48. The summed E-state index contributed by atoms with van der Waals surface area (Å²) in [7, 11) is 3.71. The van der Waals surface area contributed by atoms with Gasteiger partial charge < -0.3 is 15.0 Å². The fourth-order valence-corrected chi connectivity index (χ4v) is 5.14. The molecule has 5 nitrogen and oxygen atoms in total. The van der Waals surface area contributed by atoms with E-state index in [2.05, 4.69) is 34.3 Å². The van der Waals surface area contributed by atoms with Crippen molar-refractivity contribution < 1.29 is 13.9 Å². The number of fused-ring (bicyclic) bond motifs is 1. The Morgan fingerprint density at radius 1 is 1.13 bits per heavy atom. The first-order chi connectivity index (χ1) is 15.0. The zero-order valence-corrected chi connectivity index (χ0v) is 18.8. The van der Waals surface area contributed by atoms with Crippen LogP contribution in [-0.2, 0) is 24.4 Å². The number of nitrogens with one attached hydrogen (secondary N) is 1. The van der Waals surface area contributed by atoms with Crippen LogP contribution in [0.5, 0.6) is 0 Å². The van der Waals surface area contributed by atoms with Gasteiger partial charge in [-0.1, -0.05) is 30.3 Å². The van der Waals surface area contributed by atoms with E-state index in [0.717, 1.165) is 43.0 Å². The highest BCUT2D eigenvalue weighted by atomic mass is 32.1. The van der Waals surface area contributed by atoms with Gasteiger partial charge in [0, 0.05) is 62.0 Å². The molecule has 1 saturated heterocycles. The minimum absolute atomic E-state index is 0.197. The molecule has 0 saturated carbocycles. The fraction of sp³-hybridized carbons (Fsp3) is 0.375. The van der Waals surface area contributed by atoms with Crippen molar-refractivity contribution in [3.05, 3.63) is 69.8 Å². The number of carbonyl (C=O) groups is 1. The van der Waals surface area contributed by atoms with Crippen LogP contribution in [-0.4, -0.2) is 56.0 Å². The van der Waals surface area contributed by atoms with Crippen LogP contribution in [0.3, 0.4) is 0 Å². The maximum atomic E-state index is 14.4. The molecule has 1 aliphatic heterocycles. The quantitative estimate of drug-likeness (QED) is 0.605. The Morgan fingerprint density at radius 2 is 1.87 bits per heavy atom. The van der Waals surface area contributed by atoms with Gasteiger partial charge in [0.15, 0.2) is 0 Å². The monoisotopic (exact) mass is 441 g/mol. The molecular weight excluding hydrogens is 413 g/mol. The molecule has 164 valence electrons. The van der Waals surface area contributed by atoms with Crippen molar-refractivity contribution in [3.63, 3.8) is 0 Å². The average Bonchev–Trinajstić information content (AvgIpc) is 3.14. The van der Waals surface area contributed by atoms with E-state index in [1.165, 1.54) is 23.0 Å². The summed E-state index contributed by atoms with van der Waals surface area (Å²) in [4.78, 5) is 18.3. The highest BCUT2D eigenvalue weighted by Crippen LogP contribution is 2.33. The summed E-state index contributed by atoms with van der Waals surface area (Å²) >= 11 is 1.31. The van der Waals surface area contributed by atoms with Crippen molar-refractivity contribution in [1.29, 1.82) is 0 Å². The Morgan fingerprint density at radius 3 is 2.65 bits per heavy atom. The molecule has 0 spiro atoms. The summed E-state index contributed by atoms with van der Waals surface area (Å²) < 4.78 is 20.4. The number of benzene rings is 2. The van der Waals surface area contributed by atoms with E-state index in [1.54, 1.807) is 13.2 Å². The third-order valence-electron chi connectivity index (χ3n) is 5.70. The van der Waals surface area contributed by atoms with E-state index in [4.69, 9.17) is 4.74 Å². The Hall–Kier alpha value is -2.32. The molecule has 1 amide bonds. The lowest BCUT2D eigenvalue weighted by atomic mass is 10.1. The number of hydrogen-bond donors (Lipinski definition) is 1. The molecule has 0 unspecified atom stereocenters. The molecule has 1 aromatic heterocycles. The lowest BCUT2D eigenvalue weighted by molar-refractivity contribution is 0.0950. The first kappa shape index (κ1) is 21.9. The number of carbonyl (C=O) groups excluding carboxylic acids is 1. The van der Waals surface area contributed by atoms with Crippen LogP contribution >= 0.6 is 11.3 Å². The molecule has 7 heteroatoms. The SMILES string of the molecule is COCc1c(C(=O)NCc2cccc(CN3CCN(C)CC3)c2)sc2cccc(F)c12. The smallest absolute Gasteiger partial charge is 0.262 e. The van der Waals surface area contributed by atoms with Crippen LogP contribution in [0.4, 0.5) is 4.39 Å². The second-order valence-corrected chi connectivity index (χ2v) is 9.09. The van der Waals surface area contributed by atoms with Gasteiger partial charge in [-0.3, -0.25) is 9.69 Å². The van der Waals surface area contributed by atoms with Gasteiger partial charge in [-0.15, -0.1) is 11.3 Å². The third kappa shape index (κ3) is 5.13.